The summed E-state index contributed by atoms with van der Waals surface area (Å²) < 4.78 is 15.0. The highest BCUT2D eigenvalue weighted by Crippen LogP contribution is 2.22. The van der Waals surface area contributed by atoms with E-state index in [9.17, 15) is 9.18 Å². The van der Waals surface area contributed by atoms with Crippen molar-refractivity contribution in [1.82, 2.24) is 15.0 Å². The number of hydrogen-bond acceptors (Lipinski definition) is 3. The van der Waals surface area contributed by atoms with Crippen molar-refractivity contribution in [3.63, 3.8) is 0 Å². The molecule has 0 spiro atoms. The number of nitrogens with zero attached hydrogens (tertiary/aromatic N) is 3. The molecule has 17 heavy (non-hydrogen) atoms. The number of carboxylic acids is 1. The molecule has 0 atom stereocenters. The van der Waals surface area contributed by atoms with Gasteiger partial charge in [0.05, 0.1) is 24.0 Å². The van der Waals surface area contributed by atoms with E-state index in [0.29, 0.717) is 15.9 Å². The van der Waals surface area contributed by atoms with Gasteiger partial charge in [0, 0.05) is 10.5 Å². The van der Waals surface area contributed by atoms with Gasteiger partial charge in [0.2, 0.25) is 0 Å². The zero-order chi connectivity index (χ0) is 12.4. The van der Waals surface area contributed by atoms with Gasteiger partial charge in [-0.2, -0.15) is 0 Å². The summed E-state index contributed by atoms with van der Waals surface area (Å²) in [7, 11) is 0. The number of halogens is 2. The predicted molar refractivity (Wildman–Crippen MR) is 60.4 cm³/mol. The average molecular weight is 300 g/mol. The van der Waals surface area contributed by atoms with Gasteiger partial charge < -0.3 is 5.11 Å². The Balaban J connectivity index is 2.49. The standard InChI is InChI=1S/C10H7BrFN3O2/c11-8-2-1-6(12)3-9(8)15-7(4-10(16)17)5-13-14-15/h1-3,5H,4H2,(H,16,17). The third-order valence-electron chi connectivity index (χ3n) is 2.09. The molecule has 0 aliphatic carbocycles. The first-order chi connectivity index (χ1) is 8.08. The van der Waals surface area contributed by atoms with E-state index in [1.807, 2.05) is 0 Å². The highest BCUT2D eigenvalue weighted by atomic mass is 79.9. The van der Waals surface area contributed by atoms with Crippen molar-refractivity contribution in [1.29, 1.82) is 0 Å². The van der Waals surface area contributed by atoms with E-state index in [-0.39, 0.29) is 6.42 Å². The lowest BCUT2D eigenvalue weighted by molar-refractivity contribution is -0.136. The molecule has 1 N–H and O–H groups in total. The van der Waals surface area contributed by atoms with Crippen molar-refractivity contribution >= 4 is 21.9 Å². The maximum absolute atomic E-state index is 13.1. The minimum absolute atomic E-state index is 0.226. The Morgan fingerprint density at radius 2 is 2.29 bits per heavy atom. The number of rotatable bonds is 3. The second kappa shape index (κ2) is 4.62. The fourth-order valence-corrected chi connectivity index (χ4v) is 1.80. The minimum atomic E-state index is -0.999. The van der Waals surface area contributed by atoms with Crippen molar-refractivity contribution in [2.24, 2.45) is 0 Å². The van der Waals surface area contributed by atoms with Crippen LogP contribution in [0.15, 0.2) is 28.9 Å². The Bertz CT molecular complexity index is 570. The SMILES string of the molecule is O=C(O)Cc1cnnn1-c1cc(F)ccc1Br. The van der Waals surface area contributed by atoms with E-state index in [4.69, 9.17) is 5.11 Å². The van der Waals surface area contributed by atoms with Crippen molar-refractivity contribution < 1.29 is 14.3 Å². The molecule has 2 aromatic rings. The lowest BCUT2D eigenvalue weighted by atomic mass is 10.3. The van der Waals surface area contributed by atoms with E-state index in [2.05, 4.69) is 26.2 Å². The molecule has 0 unspecified atom stereocenters. The van der Waals surface area contributed by atoms with Crippen LogP contribution in [0.25, 0.3) is 5.69 Å². The number of hydrogen-bond donors (Lipinski definition) is 1. The molecule has 0 fully saturated rings. The van der Waals surface area contributed by atoms with Crippen LogP contribution in [0.2, 0.25) is 0 Å². The number of carbonyl (C=O) groups is 1. The van der Waals surface area contributed by atoms with Crippen LogP contribution >= 0.6 is 15.9 Å². The summed E-state index contributed by atoms with van der Waals surface area (Å²) in [5.74, 6) is -1.43. The van der Waals surface area contributed by atoms with Crippen LogP contribution in [0.4, 0.5) is 4.39 Å². The zero-order valence-electron chi connectivity index (χ0n) is 8.47. The fraction of sp³-hybridized carbons (Fsp3) is 0.100. The van der Waals surface area contributed by atoms with E-state index in [1.54, 1.807) is 0 Å². The van der Waals surface area contributed by atoms with E-state index in [1.165, 1.54) is 29.1 Å². The summed E-state index contributed by atoms with van der Waals surface area (Å²) in [6.07, 6.45) is 1.11. The van der Waals surface area contributed by atoms with Gasteiger partial charge in [-0.3, -0.25) is 4.79 Å². The normalized spacial score (nSPS) is 10.5. The Morgan fingerprint density at radius 1 is 1.53 bits per heavy atom. The Morgan fingerprint density at radius 3 is 3.00 bits per heavy atom. The first-order valence-electron chi connectivity index (χ1n) is 4.64. The minimum Gasteiger partial charge on any atom is -0.481 e. The molecule has 0 bridgehead atoms. The monoisotopic (exact) mass is 299 g/mol. The number of aliphatic carboxylic acids is 1. The van der Waals surface area contributed by atoms with Crippen molar-refractivity contribution in [3.8, 4) is 5.69 Å². The highest BCUT2D eigenvalue weighted by molar-refractivity contribution is 9.10. The predicted octanol–water partition coefficient (Wildman–Crippen LogP) is 1.80. The van der Waals surface area contributed by atoms with Crippen LogP contribution < -0.4 is 0 Å². The molecule has 7 heteroatoms. The number of benzene rings is 1. The lowest BCUT2D eigenvalue weighted by Crippen LogP contribution is -2.08. The maximum Gasteiger partial charge on any atom is 0.309 e. The van der Waals surface area contributed by atoms with Crippen molar-refractivity contribution in [3.05, 3.63) is 40.4 Å². The second-order valence-corrected chi connectivity index (χ2v) is 4.16. The second-order valence-electron chi connectivity index (χ2n) is 3.30. The molecule has 0 amide bonds. The molecule has 0 radical (unpaired) electrons. The van der Waals surface area contributed by atoms with Gasteiger partial charge >= 0.3 is 5.97 Å². The molecule has 0 aliphatic heterocycles. The molecule has 0 aliphatic rings. The van der Waals surface area contributed by atoms with Gasteiger partial charge in [-0.25, -0.2) is 9.07 Å². The van der Waals surface area contributed by atoms with E-state index < -0.39 is 11.8 Å². The molecular weight excluding hydrogens is 293 g/mol. The summed E-state index contributed by atoms with van der Waals surface area (Å²) >= 11 is 3.25. The summed E-state index contributed by atoms with van der Waals surface area (Å²) in [5.41, 5.74) is 0.794. The average Bonchev–Trinajstić information content (AvgIpc) is 2.69. The third-order valence-corrected chi connectivity index (χ3v) is 2.76. The van der Waals surface area contributed by atoms with Crippen molar-refractivity contribution in [2.75, 3.05) is 0 Å². The molecule has 1 heterocycles. The summed E-state index contributed by atoms with van der Waals surface area (Å²) in [6, 6.07) is 4.07. The first-order valence-corrected chi connectivity index (χ1v) is 5.44. The molecular formula is C10H7BrFN3O2. The fourth-order valence-electron chi connectivity index (χ4n) is 1.38. The van der Waals surface area contributed by atoms with Crippen LogP contribution in [-0.2, 0) is 11.2 Å². The van der Waals surface area contributed by atoms with E-state index >= 15 is 0 Å². The van der Waals surface area contributed by atoms with Crippen LogP contribution in [0.1, 0.15) is 5.69 Å². The smallest absolute Gasteiger partial charge is 0.309 e. The molecule has 1 aromatic carbocycles. The zero-order valence-corrected chi connectivity index (χ0v) is 10.1. The molecule has 1 aromatic heterocycles. The molecule has 5 nitrogen and oxygen atoms in total. The Kier molecular flexibility index (Phi) is 3.19. The number of aromatic nitrogens is 3. The van der Waals surface area contributed by atoms with Crippen LogP contribution in [0, 0.1) is 5.82 Å². The summed E-state index contributed by atoms with van der Waals surface area (Å²) in [6.45, 7) is 0. The topological polar surface area (TPSA) is 68.0 Å². The van der Waals surface area contributed by atoms with Gasteiger partial charge in [-0.15, -0.1) is 5.10 Å². The third kappa shape index (κ3) is 2.50. The Labute approximate surface area is 104 Å². The first kappa shape index (κ1) is 11.7. The van der Waals surface area contributed by atoms with Gasteiger partial charge in [0.15, 0.2) is 0 Å². The molecule has 88 valence electrons. The van der Waals surface area contributed by atoms with Crippen LogP contribution in [0.3, 0.4) is 0 Å². The quantitative estimate of drug-likeness (QED) is 0.938. The largest absolute Gasteiger partial charge is 0.481 e. The Hall–Kier alpha value is -1.76. The molecule has 2 rings (SSSR count). The van der Waals surface area contributed by atoms with Gasteiger partial charge in [-0.05, 0) is 28.1 Å². The van der Waals surface area contributed by atoms with Crippen molar-refractivity contribution in [2.45, 2.75) is 6.42 Å². The number of carboxylic acid groups (broad SMARTS) is 1. The lowest BCUT2D eigenvalue weighted by Gasteiger charge is -2.06. The van der Waals surface area contributed by atoms with Crippen LogP contribution in [-0.4, -0.2) is 26.1 Å². The van der Waals surface area contributed by atoms with Crippen LogP contribution in [0.5, 0.6) is 0 Å². The summed E-state index contributed by atoms with van der Waals surface area (Å²) in [5, 5.41) is 16.1. The van der Waals surface area contributed by atoms with Gasteiger partial charge in [0.1, 0.15) is 5.82 Å². The maximum atomic E-state index is 13.1. The van der Waals surface area contributed by atoms with E-state index in [0.717, 1.165) is 0 Å². The van der Waals surface area contributed by atoms with Gasteiger partial charge in [0.25, 0.3) is 0 Å². The highest BCUT2D eigenvalue weighted by Gasteiger charge is 2.12. The summed E-state index contributed by atoms with van der Waals surface area (Å²) in [4.78, 5) is 10.6. The van der Waals surface area contributed by atoms with Gasteiger partial charge in [-0.1, -0.05) is 5.21 Å². The molecule has 0 saturated carbocycles. The molecule has 0 saturated heterocycles.